The molecule has 1 aromatic carbocycles. The Labute approximate surface area is 168 Å². The van der Waals surface area contributed by atoms with Crippen LogP contribution in [0.25, 0.3) is 11.5 Å². The third-order valence-corrected chi connectivity index (χ3v) is 6.07. The SMILES string of the molecule is COc1ccc(-c2nnc(C(C)Sc3nc4c(c(C)c3C#N)CCC4)o2)cc1. The number of fused-ring (bicyclic) bond motifs is 1. The van der Waals surface area contributed by atoms with Crippen LogP contribution in [0.15, 0.2) is 33.7 Å². The Kier molecular flexibility index (Phi) is 5.05. The van der Waals surface area contributed by atoms with Gasteiger partial charge >= 0.3 is 0 Å². The van der Waals surface area contributed by atoms with Crippen LogP contribution < -0.4 is 4.74 Å². The Morgan fingerprint density at radius 2 is 2.00 bits per heavy atom. The lowest BCUT2D eigenvalue weighted by Crippen LogP contribution is -2.01. The second-order valence-corrected chi connectivity index (χ2v) is 8.07. The monoisotopic (exact) mass is 392 g/mol. The average Bonchev–Trinajstić information content (AvgIpc) is 3.38. The molecule has 0 bridgehead atoms. The molecule has 3 aromatic rings. The number of aromatic nitrogens is 3. The molecule has 0 saturated heterocycles. The number of aryl methyl sites for hydroxylation is 1. The van der Waals surface area contributed by atoms with Gasteiger partial charge in [0.15, 0.2) is 0 Å². The number of benzene rings is 1. The van der Waals surface area contributed by atoms with E-state index in [9.17, 15) is 5.26 Å². The highest BCUT2D eigenvalue weighted by Gasteiger charge is 2.24. The van der Waals surface area contributed by atoms with Gasteiger partial charge in [-0.1, -0.05) is 11.8 Å². The smallest absolute Gasteiger partial charge is 0.247 e. The molecule has 142 valence electrons. The highest BCUT2D eigenvalue weighted by molar-refractivity contribution is 7.99. The van der Waals surface area contributed by atoms with Gasteiger partial charge in [-0.15, -0.1) is 10.2 Å². The molecule has 28 heavy (non-hydrogen) atoms. The molecular weight excluding hydrogens is 372 g/mol. The van der Waals surface area contributed by atoms with Crippen molar-refractivity contribution in [1.29, 1.82) is 5.26 Å². The van der Waals surface area contributed by atoms with Gasteiger partial charge in [0.05, 0.1) is 17.9 Å². The number of thioether (sulfide) groups is 1. The Hall–Kier alpha value is -2.85. The molecule has 0 radical (unpaired) electrons. The maximum absolute atomic E-state index is 9.64. The molecule has 0 fully saturated rings. The Morgan fingerprint density at radius 1 is 1.21 bits per heavy atom. The van der Waals surface area contributed by atoms with Crippen molar-refractivity contribution in [3.8, 4) is 23.3 Å². The molecule has 0 spiro atoms. The van der Waals surface area contributed by atoms with E-state index >= 15 is 0 Å². The predicted octanol–water partition coefficient (Wildman–Crippen LogP) is 4.66. The molecule has 0 N–H and O–H groups in total. The summed E-state index contributed by atoms with van der Waals surface area (Å²) in [5.41, 5.74) is 4.92. The van der Waals surface area contributed by atoms with Crippen molar-refractivity contribution in [2.75, 3.05) is 7.11 Å². The van der Waals surface area contributed by atoms with Gasteiger partial charge in [-0.25, -0.2) is 4.98 Å². The molecule has 1 atom stereocenters. The van der Waals surface area contributed by atoms with Gasteiger partial charge < -0.3 is 9.15 Å². The zero-order valence-corrected chi connectivity index (χ0v) is 16.8. The number of hydrogen-bond acceptors (Lipinski definition) is 7. The zero-order valence-electron chi connectivity index (χ0n) is 16.0. The van der Waals surface area contributed by atoms with Crippen LogP contribution in [0.4, 0.5) is 0 Å². The summed E-state index contributed by atoms with van der Waals surface area (Å²) in [7, 11) is 1.63. The lowest BCUT2D eigenvalue weighted by Gasteiger charge is -2.12. The van der Waals surface area contributed by atoms with Crippen LogP contribution >= 0.6 is 11.8 Å². The van der Waals surface area contributed by atoms with E-state index in [0.29, 0.717) is 17.3 Å². The van der Waals surface area contributed by atoms with Crippen molar-refractivity contribution in [2.24, 2.45) is 0 Å². The van der Waals surface area contributed by atoms with Crippen LogP contribution in [0.1, 0.15) is 46.9 Å². The summed E-state index contributed by atoms with van der Waals surface area (Å²) in [6.45, 7) is 4.01. The van der Waals surface area contributed by atoms with Crippen molar-refractivity contribution >= 4 is 11.8 Å². The van der Waals surface area contributed by atoms with E-state index in [0.717, 1.165) is 46.9 Å². The van der Waals surface area contributed by atoms with E-state index in [2.05, 4.69) is 16.3 Å². The molecule has 7 heteroatoms. The first-order valence-electron chi connectivity index (χ1n) is 9.17. The predicted molar refractivity (Wildman–Crippen MR) is 106 cm³/mol. The van der Waals surface area contributed by atoms with Crippen molar-refractivity contribution < 1.29 is 9.15 Å². The first kappa shape index (κ1) is 18.5. The van der Waals surface area contributed by atoms with Crippen LogP contribution in [0.2, 0.25) is 0 Å². The topological polar surface area (TPSA) is 84.8 Å². The number of rotatable bonds is 5. The van der Waals surface area contributed by atoms with Crippen LogP contribution in [0, 0.1) is 18.3 Å². The fourth-order valence-corrected chi connectivity index (χ4v) is 4.44. The molecule has 6 nitrogen and oxygen atoms in total. The van der Waals surface area contributed by atoms with E-state index in [1.54, 1.807) is 7.11 Å². The van der Waals surface area contributed by atoms with Crippen LogP contribution in [0.5, 0.6) is 5.75 Å². The van der Waals surface area contributed by atoms with Crippen LogP contribution in [-0.2, 0) is 12.8 Å². The number of ether oxygens (including phenoxy) is 1. The minimum atomic E-state index is -0.113. The van der Waals surface area contributed by atoms with Gasteiger partial charge in [0.2, 0.25) is 11.8 Å². The molecule has 2 heterocycles. The van der Waals surface area contributed by atoms with Crippen LogP contribution in [0.3, 0.4) is 0 Å². The number of hydrogen-bond donors (Lipinski definition) is 0. The quantitative estimate of drug-likeness (QED) is 0.584. The van der Waals surface area contributed by atoms with E-state index in [1.165, 1.54) is 17.3 Å². The Bertz CT molecular complexity index is 1050. The van der Waals surface area contributed by atoms with E-state index < -0.39 is 0 Å². The van der Waals surface area contributed by atoms with Gasteiger partial charge in [-0.05, 0) is 68.5 Å². The summed E-state index contributed by atoms with van der Waals surface area (Å²) in [5.74, 6) is 1.75. The van der Waals surface area contributed by atoms with E-state index in [4.69, 9.17) is 14.1 Å². The van der Waals surface area contributed by atoms with Gasteiger partial charge in [0, 0.05) is 11.3 Å². The molecule has 1 unspecified atom stereocenters. The lowest BCUT2D eigenvalue weighted by molar-refractivity contribution is 0.415. The van der Waals surface area contributed by atoms with Gasteiger partial charge in [-0.2, -0.15) is 5.26 Å². The Balaban J connectivity index is 1.58. The first-order valence-corrected chi connectivity index (χ1v) is 10.1. The molecule has 0 aliphatic heterocycles. The summed E-state index contributed by atoms with van der Waals surface area (Å²) >= 11 is 1.49. The number of nitriles is 1. The summed E-state index contributed by atoms with van der Waals surface area (Å²) in [6.07, 6.45) is 3.09. The van der Waals surface area contributed by atoms with Gasteiger partial charge in [0.25, 0.3) is 0 Å². The molecular formula is C21H20N4O2S. The number of nitrogens with zero attached hydrogens (tertiary/aromatic N) is 4. The van der Waals surface area contributed by atoms with Crippen molar-refractivity contribution in [1.82, 2.24) is 15.2 Å². The summed E-state index contributed by atoms with van der Waals surface area (Å²) < 4.78 is 11.1. The molecule has 1 aliphatic carbocycles. The normalized spacial score (nSPS) is 13.8. The average molecular weight is 392 g/mol. The summed E-state index contributed by atoms with van der Waals surface area (Å²) in [6, 6.07) is 9.80. The maximum Gasteiger partial charge on any atom is 0.247 e. The third-order valence-electron chi connectivity index (χ3n) is 4.99. The minimum Gasteiger partial charge on any atom is -0.497 e. The fraction of sp³-hybridized carbons (Fsp3) is 0.333. The van der Waals surface area contributed by atoms with Gasteiger partial charge in [0.1, 0.15) is 16.8 Å². The fourth-order valence-electron chi connectivity index (χ4n) is 3.43. The second kappa shape index (κ2) is 7.64. The summed E-state index contributed by atoms with van der Waals surface area (Å²) in [5, 5.41) is 18.6. The lowest BCUT2D eigenvalue weighted by atomic mass is 10.0. The third kappa shape index (κ3) is 3.36. The standard InChI is InChI=1S/C21H20N4O2S/c1-12-16-5-4-6-18(16)23-21(17(12)11-22)28-13(2)19-24-25-20(27-19)14-7-9-15(26-3)10-8-14/h7-10,13H,4-6H2,1-3H3. The maximum atomic E-state index is 9.64. The first-order chi connectivity index (χ1) is 13.6. The van der Waals surface area contributed by atoms with E-state index in [-0.39, 0.29) is 5.25 Å². The highest BCUT2D eigenvalue weighted by atomic mass is 32.2. The molecule has 2 aromatic heterocycles. The molecule has 0 saturated carbocycles. The minimum absolute atomic E-state index is 0.113. The molecule has 1 aliphatic rings. The summed E-state index contributed by atoms with van der Waals surface area (Å²) in [4.78, 5) is 4.77. The van der Waals surface area contributed by atoms with Gasteiger partial charge in [-0.3, -0.25) is 0 Å². The van der Waals surface area contributed by atoms with E-state index in [1.807, 2.05) is 38.1 Å². The van der Waals surface area contributed by atoms with Crippen molar-refractivity contribution in [3.63, 3.8) is 0 Å². The largest absolute Gasteiger partial charge is 0.497 e. The second-order valence-electron chi connectivity index (χ2n) is 6.74. The zero-order chi connectivity index (χ0) is 19.7. The van der Waals surface area contributed by atoms with Crippen LogP contribution in [-0.4, -0.2) is 22.3 Å². The number of methoxy groups -OCH3 is 1. The highest BCUT2D eigenvalue weighted by Crippen LogP contribution is 2.39. The Morgan fingerprint density at radius 3 is 2.71 bits per heavy atom. The van der Waals surface area contributed by atoms with Crippen molar-refractivity contribution in [2.45, 2.75) is 43.4 Å². The van der Waals surface area contributed by atoms with Crippen molar-refractivity contribution in [3.05, 3.63) is 52.5 Å². The molecule has 4 rings (SSSR count). The number of pyridine rings is 1. The molecule has 0 amide bonds.